The van der Waals surface area contributed by atoms with E-state index in [0.717, 1.165) is 11.1 Å². The lowest BCUT2D eigenvalue weighted by atomic mass is 10.1. The number of amides is 1. The summed E-state index contributed by atoms with van der Waals surface area (Å²) in [6, 6.07) is 10.2. The summed E-state index contributed by atoms with van der Waals surface area (Å²) < 4.78 is 10.3. The Kier molecular flexibility index (Phi) is 6.04. The van der Waals surface area contributed by atoms with Gasteiger partial charge in [-0.2, -0.15) is 0 Å². The van der Waals surface area contributed by atoms with E-state index in [0.29, 0.717) is 22.0 Å². The second-order valence-corrected chi connectivity index (χ2v) is 6.09. The highest BCUT2D eigenvalue weighted by molar-refractivity contribution is 6.33. The zero-order chi connectivity index (χ0) is 18.6. The topological polar surface area (TPSA) is 64.6 Å². The first-order chi connectivity index (χ1) is 11.8. The van der Waals surface area contributed by atoms with Crippen LogP contribution in [-0.4, -0.2) is 25.1 Å². The summed E-state index contributed by atoms with van der Waals surface area (Å²) >= 11 is 6.08. The maximum atomic E-state index is 12.4. The van der Waals surface area contributed by atoms with E-state index >= 15 is 0 Å². The number of benzene rings is 2. The van der Waals surface area contributed by atoms with Gasteiger partial charge in [0.15, 0.2) is 6.10 Å². The van der Waals surface area contributed by atoms with Crippen LogP contribution in [0.3, 0.4) is 0 Å². The van der Waals surface area contributed by atoms with Gasteiger partial charge >= 0.3 is 5.97 Å². The quantitative estimate of drug-likeness (QED) is 0.812. The predicted octanol–water partition coefficient (Wildman–Crippen LogP) is 4.15. The number of ether oxygens (including phenoxy) is 2. The van der Waals surface area contributed by atoms with Crippen molar-refractivity contribution in [3.63, 3.8) is 0 Å². The molecule has 0 fully saturated rings. The second kappa shape index (κ2) is 8.03. The minimum absolute atomic E-state index is 0.296. The number of anilines is 1. The van der Waals surface area contributed by atoms with Crippen molar-refractivity contribution in [2.24, 2.45) is 0 Å². The van der Waals surface area contributed by atoms with Crippen molar-refractivity contribution in [2.75, 3.05) is 12.4 Å². The van der Waals surface area contributed by atoms with Crippen LogP contribution in [0.25, 0.3) is 0 Å². The number of hydrogen-bond donors (Lipinski definition) is 1. The molecule has 0 aliphatic heterocycles. The molecule has 0 bridgehead atoms. The monoisotopic (exact) mass is 361 g/mol. The van der Waals surface area contributed by atoms with Crippen LogP contribution >= 0.6 is 11.6 Å². The van der Waals surface area contributed by atoms with Gasteiger partial charge in [0, 0.05) is 0 Å². The van der Waals surface area contributed by atoms with Crippen LogP contribution in [0, 0.1) is 13.8 Å². The van der Waals surface area contributed by atoms with Gasteiger partial charge < -0.3 is 14.8 Å². The molecule has 0 radical (unpaired) electrons. The minimum Gasteiger partial charge on any atom is -0.481 e. The molecular formula is C19H20ClNO4. The number of rotatable bonds is 5. The standard InChI is InChI=1S/C19H20ClNO4/c1-11-5-7-15(9-12(11)2)25-13(3)18(22)21-17-10-14(19(23)24-4)6-8-16(17)20/h5-10,13H,1-4H3,(H,21,22)/t13-/m0/s1. The van der Waals surface area contributed by atoms with Gasteiger partial charge in [-0.3, -0.25) is 4.79 Å². The lowest BCUT2D eigenvalue weighted by Gasteiger charge is -2.16. The molecule has 6 heteroatoms. The summed E-state index contributed by atoms with van der Waals surface area (Å²) in [6.45, 7) is 5.62. The normalized spacial score (nSPS) is 11.6. The number of aryl methyl sites for hydroxylation is 2. The molecule has 0 saturated carbocycles. The number of hydrogen-bond acceptors (Lipinski definition) is 4. The van der Waals surface area contributed by atoms with E-state index in [9.17, 15) is 9.59 Å². The van der Waals surface area contributed by atoms with E-state index in [1.807, 2.05) is 32.0 Å². The molecule has 1 amide bonds. The Morgan fingerprint density at radius 2 is 1.80 bits per heavy atom. The van der Waals surface area contributed by atoms with Gasteiger partial charge in [0.1, 0.15) is 5.75 Å². The number of halogens is 1. The van der Waals surface area contributed by atoms with Crippen LogP contribution in [0.5, 0.6) is 5.75 Å². The molecule has 0 spiro atoms. The summed E-state index contributed by atoms with van der Waals surface area (Å²) in [6.07, 6.45) is -0.736. The molecule has 5 nitrogen and oxygen atoms in total. The largest absolute Gasteiger partial charge is 0.481 e. The number of esters is 1. The van der Waals surface area contributed by atoms with E-state index < -0.39 is 12.1 Å². The summed E-state index contributed by atoms with van der Waals surface area (Å²) in [5, 5.41) is 2.99. The van der Waals surface area contributed by atoms with Crippen LogP contribution in [-0.2, 0) is 9.53 Å². The third kappa shape index (κ3) is 4.73. The molecule has 0 aliphatic carbocycles. The van der Waals surface area contributed by atoms with Gasteiger partial charge in [-0.1, -0.05) is 17.7 Å². The Labute approximate surface area is 151 Å². The molecule has 2 aromatic carbocycles. The minimum atomic E-state index is -0.736. The maximum absolute atomic E-state index is 12.4. The Hall–Kier alpha value is -2.53. The SMILES string of the molecule is COC(=O)c1ccc(Cl)c(NC(=O)[C@H](C)Oc2ccc(C)c(C)c2)c1. The fraction of sp³-hybridized carbons (Fsp3) is 0.263. The Morgan fingerprint density at radius 3 is 2.44 bits per heavy atom. The first-order valence-electron chi connectivity index (χ1n) is 7.74. The van der Waals surface area contributed by atoms with Crippen molar-refractivity contribution < 1.29 is 19.1 Å². The number of methoxy groups -OCH3 is 1. The predicted molar refractivity (Wildman–Crippen MR) is 97.4 cm³/mol. The van der Waals surface area contributed by atoms with Crippen LogP contribution in [0.15, 0.2) is 36.4 Å². The lowest BCUT2D eigenvalue weighted by Crippen LogP contribution is -2.30. The third-order valence-electron chi connectivity index (χ3n) is 3.81. The molecule has 1 atom stereocenters. The first kappa shape index (κ1) is 18.8. The van der Waals surface area contributed by atoms with Gasteiger partial charge in [0.2, 0.25) is 0 Å². The zero-order valence-electron chi connectivity index (χ0n) is 14.6. The van der Waals surface area contributed by atoms with Gasteiger partial charge in [0.25, 0.3) is 5.91 Å². The molecule has 0 aliphatic rings. The Bertz CT molecular complexity index is 804. The van der Waals surface area contributed by atoms with Crippen molar-refractivity contribution in [3.8, 4) is 5.75 Å². The number of carbonyl (C=O) groups is 2. The Morgan fingerprint density at radius 1 is 1.08 bits per heavy atom. The average molecular weight is 362 g/mol. The molecule has 0 aromatic heterocycles. The molecule has 132 valence electrons. The smallest absolute Gasteiger partial charge is 0.337 e. The van der Waals surface area contributed by atoms with Crippen LogP contribution in [0.4, 0.5) is 5.69 Å². The van der Waals surface area contributed by atoms with Crippen molar-refractivity contribution in [3.05, 3.63) is 58.1 Å². The van der Waals surface area contributed by atoms with Crippen LogP contribution < -0.4 is 10.1 Å². The van der Waals surface area contributed by atoms with E-state index in [1.54, 1.807) is 6.92 Å². The molecule has 2 aromatic rings. The van der Waals surface area contributed by atoms with E-state index in [-0.39, 0.29) is 5.91 Å². The highest BCUT2D eigenvalue weighted by Crippen LogP contribution is 2.24. The summed E-state index contributed by atoms with van der Waals surface area (Å²) in [7, 11) is 1.29. The highest BCUT2D eigenvalue weighted by atomic mass is 35.5. The number of carbonyl (C=O) groups excluding carboxylic acids is 2. The molecule has 25 heavy (non-hydrogen) atoms. The molecule has 0 unspecified atom stereocenters. The molecule has 0 heterocycles. The third-order valence-corrected chi connectivity index (χ3v) is 4.14. The van der Waals surface area contributed by atoms with Gasteiger partial charge in [-0.15, -0.1) is 0 Å². The maximum Gasteiger partial charge on any atom is 0.337 e. The van der Waals surface area contributed by atoms with E-state index in [1.165, 1.54) is 25.3 Å². The van der Waals surface area contributed by atoms with Gasteiger partial charge in [0.05, 0.1) is 23.4 Å². The molecule has 0 saturated heterocycles. The van der Waals surface area contributed by atoms with Crippen molar-refractivity contribution in [2.45, 2.75) is 26.9 Å². The van der Waals surface area contributed by atoms with E-state index in [2.05, 4.69) is 10.1 Å². The van der Waals surface area contributed by atoms with Crippen molar-refractivity contribution >= 4 is 29.2 Å². The average Bonchev–Trinajstić information content (AvgIpc) is 2.59. The van der Waals surface area contributed by atoms with Crippen LogP contribution in [0.1, 0.15) is 28.4 Å². The van der Waals surface area contributed by atoms with Crippen molar-refractivity contribution in [1.29, 1.82) is 0 Å². The van der Waals surface area contributed by atoms with Gasteiger partial charge in [-0.25, -0.2) is 4.79 Å². The summed E-state index contributed by atoms with van der Waals surface area (Å²) in [5.74, 6) is -0.270. The highest BCUT2D eigenvalue weighted by Gasteiger charge is 2.17. The summed E-state index contributed by atoms with van der Waals surface area (Å²) in [5.41, 5.74) is 2.85. The molecular weight excluding hydrogens is 342 g/mol. The van der Waals surface area contributed by atoms with Crippen LogP contribution in [0.2, 0.25) is 5.02 Å². The van der Waals surface area contributed by atoms with Crippen molar-refractivity contribution in [1.82, 2.24) is 0 Å². The fourth-order valence-electron chi connectivity index (χ4n) is 2.15. The fourth-order valence-corrected chi connectivity index (χ4v) is 2.31. The lowest BCUT2D eigenvalue weighted by molar-refractivity contribution is -0.122. The number of nitrogens with one attached hydrogen (secondary N) is 1. The zero-order valence-corrected chi connectivity index (χ0v) is 15.3. The molecule has 2 rings (SSSR count). The van der Waals surface area contributed by atoms with E-state index in [4.69, 9.17) is 16.3 Å². The van der Waals surface area contributed by atoms with Gasteiger partial charge in [-0.05, 0) is 62.2 Å². The molecule has 1 N–H and O–H groups in total. The first-order valence-corrected chi connectivity index (χ1v) is 8.12. The Balaban J connectivity index is 2.10. The summed E-state index contributed by atoms with van der Waals surface area (Å²) in [4.78, 5) is 24.0. The second-order valence-electron chi connectivity index (χ2n) is 5.68.